The number of nitro benzene ring substituents is 1. The highest BCUT2D eigenvalue weighted by molar-refractivity contribution is 8.18. The summed E-state index contributed by atoms with van der Waals surface area (Å²) in [7, 11) is 3.45. The van der Waals surface area contributed by atoms with Crippen LogP contribution in [0.2, 0.25) is 0 Å². The van der Waals surface area contributed by atoms with E-state index in [1.54, 1.807) is 31.1 Å². The van der Waals surface area contributed by atoms with E-state index < -0.39 is 4.92 Å². The lowest BCUT2D eigenvalue weighted by atomic mass is 10.1. The lowest BCUT2D eigenvalue weighted by Crippen LogP contribution is -2.18. The zero-order valence-corrected chi connectivity index (χ0v) is 11.7. The first-order chi connectivity index (χ1) is 9.38. The van der Waals surface area contributed by atoms with Crippen LogP contribution >= 0.6 is 11.8 Å². The number of carbonyl (C=O) groups is 1. The maximum Gasteiger partial charge on any atom is 0.293 e. The molecule has 2 N–H and O–H groups in total. The van der Waals surface area contributed by atoms with Crippen molar-refractivity contribution in [3.8, 4) is 0 Å². The van der Waals surface area contributed by atoms with Crippen LogP contribution < -0.4 is 10.2 Å². The summed E-state index contributed by atoms with van der Waals surface area (Å²) in [5.41, 5.74) is 1.02. The number of carbonyl (C=O) groups excluding carboxylic acids is 1. The number of amides is 1. The van der Waals surface area contributed by atoms with Gasteiger partial charge in [0.2, 0.25) is 0 Å². The first-order valence-corrected chi connectivity index (χ1v) is 6.45. The first-order valence-electron chi connectivity index (χ1n) is 5.63. The number of anilines is 1. The number of hydrogen-bond donors (Lipinski definition) is 2. The van der Waals surface area contributed by atoms with Crippen molar-refractivity contribution in [3.05, 3.63) is 38.8 Å². The Kier molecular flexibility index (Phi) is 3.75. The predicted octanol–water partition coefficient (Wildman–Crippen LogP) is 1.80. The molecule has 0 aromatic heterocycles. The minimum atomic E-state index is -0.457. The lowest BCUT2D eigenvalue weighted by molar-refractivity contribution is -0.384. The summed E-state index contributed by atoms with van der Waals surface area (Å²) in [4.78, 5) is 24.1. The number of nitrogens with one attached hydrogen (secondary N) is 2. The Morgan fingerprint density at radius 2 is 2.15 bits per heavy atom. The zero-order chi connectivity index (χ0) is 14.9. The molecular weight excluding hydrogens is 280 g/mol. The van der Waals surface area contributed by atoms with E-state index in [2.05, 4.69) is 5.32 Å². The van der Waals surface area contributed by atoms with E-state index >= 15 is 0 Å². The van der Waals surface area contributed by atoms with E-state index in [0.717, 1.165) is 11.8 Å². The standard InChI is InChI=1S/C12H12N4O3S/c1-15(2)8-4-3-7(5-9(8)16(18)19)6-10-11(17)14-12(13)20-10/h3-6H,1-2H3,(H2,13,14,17). The molecule has 1 heterocycles. The monoisotopic (exact) mass is 292 g/mol. The van der Waals surface area contributed by atoms with Crippen LogP contribution in [0.1, 0.15) is 5.56 Å². The molecule has 7 nitrogen and oxygen atoms in total. The summed E-state index contributed by atoms with van der Waals surface area (Å²) < 4.78 is 0. The average molecular weight is 292 g/mol. The van der Waals surface area contributed by atoms with Gasteiger partial charge in [0.05, 0.1) is 9.83 Å². The maximum atomic E-state index is 11.5. The van der Waals surface area contributed by atoms with Gasteiger partial charge in [-0.15, -0.1) is 0 Å². The van der Waals surface area contributed by atoms with Gasteiger partial charge in [0, 0.05) is 20.2 Å². The van der Waals surface area contributed by atoms with Gasteiger partial charge in [-0.25, -0.2) is 0 Å². The number of nitrogens with zero attached hydrogens (tertiary/aromatic N) is 2. The third-order valence-electron chi connectivity index (χ3n) is 2.64. The van der Waals surface area contributed by atoms with Crippen LogP contribution in [-0.2, 0) is 4.79 Å². The van der Waals surface area contributed by atoms with E-state index in [0.29, 0.717) is 16.2 Å². The van der Waals surface area contributed by atoms with Crippen LogP contribution in [0, 0.1) is 15.5 Å². The molecule has 8 heteroatoms. The number of thioether (sulfide) groups is 1. The summed E-state index contributed by atoms with van der Waals surface area (Å²) >= 11 is 0.997. The Hall–Kier alpha value is -2.35. The van der Waals surface area contributed by atoms with Crippen LogP contribution in [0.25, 0.3) is 6.08 Å². The van der Waals surface area contributed by atoms with E-state index in [9.17, 15) is 14.9 Å². The fourth-order valence-electron chi connectivity index (χ4n) is 1.75. The van der Waals surface area contributed by atoms with Crippen molar-refractivity contribution >= 4 is 40.3 Å². The van der Waals surface area contributed by atoms with Crippen molar-refractivity contribution in [1.82, 2.24) is 5.32 Å². The Balaban J connectivity index is 2.42. The topological polar surface area (TPSA) is 99.3 Å². The Morgan fingerprint density at radius 1 is 1.45 bits per heavy atom. The van der Waals surface area contributed by atoms with Gasteiger partial charge in [-0.3, -0.25) is 20.3 Å². The molecule has 20 heavy (non-hydrogen) atoms. The fraction of sp³-hybridized carbons (Fsp3) is 0.167. The molecule has 1 aliphatic rings. The molecule has 0 saturated carbocycles. The highest BCUT2D eigenvalue weighted by Gasteiger charge is 2.23. The first kappa shape index (κ1) is 14.1. The van der Waals surface area contributed by atoms with Crippen LogP contribution in [0.4, 0.5) is 11.4 Å². The summed E-state index contributed by atoms with van der Waals surface area (Å²) in [6.45, 7) is 0. The average Bonchev–Trinajstić information content (AvgIpc) is 2.67. The van der Waals surface area contributed by atoms with Crippen molar-refractivity contribution in [1.29, 1.82) is 5.41 Å². The Morgan fingerprint density at radius 3 is 2.65 bits per heavy atom. The van der Waals surface area contributed by atoms with Crippen molar-refractivity contribution in [2.45, 2.75) is 0 Å². The highest BCUT2D eigenvalue weighted by atomic mass is 32.2. The van der Waals surface area contributed by atoms with Gasteiger partial charge < -0.3 is 10.2 Å². The molecule has 1 fully saturated rings. The van der Waals surface area contributed by atoms with Crippen molar-refractivity contribution in [2.75, 3.05) is 19.0 Å². The molecule has 0 aliphatic carbocycles. The number of benzene rings is 1. The summed E-state index contributed by atoms with van der Waals surface area (Å²) in [5.74, 6) is -0.362. The summed E-state index contributed by atoms with van der Waals surface area (Å²) in [6.07, 6.45) is 1.54. The van der Waals surface area contributed by atoms with Gasteiger partial charge in [-0.05, 0) is 29.5 Å². The second-order valence-corrected chi connectivity index (χ2v) is 5.35. The van der Waals surface area contributed by atoms with Crippen LogP contribution in [0.3, 0.4) is 0 Å². The molecule has 0 unspecified atom stereocenters. The van der Waals surface area contributed by atoms with E-state index in [4.69, 9.17) is 5.41 Å². The van der Waals surface area contributed by atoms with E-state index in [-0.39, 0.29) is 16.8 Å². The molecule has 2 rings (SSSR count). The molecule has 1 amide bonds. The molecule has 0 bridgehead atoms. The minimum Gasteiger partial charge on any atom is -0.372 e. The van der Waals surface area contributed by atoms with E-state index in [1.165, 1.54) is 12.1 Å². The van der Waals surface area contributed by atoms with Gasteiger partial charge in [0.25, 0.3) is 11.6 Å². The number of hydrogen-bond acceptors (Lipinski definition) is 6. The van der Waals surface area contributed by atoms with Gasteiger partial charge >= 0.3 is 0 Å². The molecule has 1 aromatic carbocycles. The quantitative estimate of drug-likeness (QED) is 0.503. The van der Waals surface area contributed by atoms with Crippen LogP contribution in [0.5, 0.6) is 0 Å². The van der Waals surface area contributed by atoms with Crippen molar-refractivity contribution < 1.29 is 9.72 Å². The molecular formula is C12H12N4O3S. The van der Waals surface area contributed by atoms with Gasteiger partial charge in [0.1, 0.15) is 5.69 Å². The van der Waals surface area contributed by atoms with Crippen molar-refractivity contribution in [3.63, 3.8) is 0 Å². The minimum absolute atomic E-state index is 0.0252. The second kappa shape index (κ2) is 5.33. The molecule has 0 radical (unpaired) electrons. The summed E-state index contributed by atoms with van der Waals surface area (Å²) in [6, 6.07) is 4.75. The number of amidine groups is 1. The molecule has 0 atom stereocenters. The Labute approximate surface area is 119 Å². The van der Waals surface area contributed by atoms with Gasteiger partial charge in [0.15, 0.2) is 5.17 Å². The molecule has 1 saturated heterocycles. The normalized spacial score (nSPS) is 16.4. The number of nitro groups is 1. The largest absolute Gasteiger partial charge is 0.372 e. The van der Waals surface area contributed by atoms with Crippen LogP contribution in [0.15, 0.2) is 23.1 Å². The highest BCUT2D eigenvalue weighted by Crippen LogP contribution is 2.30. The van der Waals surface area contributed by atoms with E-state index in [1.807, 2.05) is 0 Å². The Bertz CT molecular complexity index is 640. The van der Waals surface area contributed by atoms with Gasteiger partial charge in [-0.2, -0.15) is 0 Å². The smallest absolute Gasteiger partial charge is 0.293 e. The third-order valence-corrected chi connectivity index (χ3v) is 3.47. The maximum absolute atomic E-state index is 11.5. The van der Waals surface area contributed by atoms with Gasteiger partial charge in [-0.1, -0.05) is 6.07 Å². The molecule has 0 spiro atoms. The molecule has 104 valence electrons. The lowest BCUT2D eigenvalue weighted by Gasteiger charge is -2.12. The summed E-state index contributed by atoms with van der Waals surface area (Å²) in [5, 5.41) is 20.8. The predicted molar refractivity (Wildman–Crippen MR) is 78.9 cm³/mol. The third kappa shape index (κ3) is 2.80. The molecule has 1 aromatic rings. The SMILES string of the molecule is CN(C)c1ccc(C=C2SC(=N)NC2=O)cc1[N+](=O)[O-]. The van der Waals surface area contributed by atoms with Crippen molar-refractivity contribution in [2.24, 2.45) is 0 Å². The number of rotatable bonds is 3. The second-order valence-electron chi connectivity index (χ2n) is 4.29. The fourth-order valence-corrected chi connectivity index (χ4v) is 2.45. The molecule has 1 aliphatic heterocycles. The van der Waals surface area contributed by atoms with Crippen LogP contribution in [-0.4, -0.2) is 30.1 Å². The zero-order valence-electron chi connectivity index (χ0n) is 10.8.